The van der Waals surface area contributed by atoms with E-state index in [0.29, 0.717) is 31.0 Å². The fraction of sp³-hybridized carbons (Fsp3) is 0.517. The van der Waals surface area contributed by atoms with Gasteiger partial charge in [-0.25, -0.2) is 12.8 Å². The van der Waals surface area contributed by atoms with Crippen LogP contribution in [0.25, 0.3) is 0 Å². The van der Waals surface area contributed by atoms with Gasteiger partial charge in [0.25, 0.3) is 5.91 Å². The predicted molar refractivity (Wildman–Crippen MR) is 149 cm³/mol. The highest BCUT2D eigenvalue weighted by Crippen LogP contribution is 2.51. The molecule has 0 bridgehead atoms. The van der Waals surface area contributed by atoms with Gasteiger partial charge < -0.3 is 15.1 Å². The Bertz CT molecular complexity index is 1250. The molecule has 0 aromatic heterocycles. The number of halogens is 1. The van der Waals surface area contributed by atoms with E-state index in [9.17, 15) is 22.4 Å². The summed E-state index contributed by atoms with van der Waals surface area (Å²) >= 11 is 0. The van der Waals surface area contributed by atoms with Gasteiger partial charge in [0.1, 0.15) is 11.9 Å². The number of piperazine rings is 1. The van der Waals surface area contributed by atoms with Crippen molar-refractivity contribution in [1.82, 2.24) is 19.4 Å². The van der Waals surface area contributed by atoms with Crippen LogP contribution in [0.15, 0.2) is 54.6 Å². The van der Waals surface area contributed by atoms with E-state index in [4.69, 9.17) is 0 Å². The molecule has 39 heavy (non-hydrogen) atoms. The molecule has 1 N–H and O–H groups in total. The van der Waals surface area contributed by atoms with Crippen molar-refractivity contribution in [3.8, 4) is 0 Å². The molecule has 1 unspecified atom stereocenters. The van der Waals surface area contributed by atoms with Crippen molar-refractivity contribution < 1.29 is 22.4 Å². The molecular formula is C29H39FN4O4S. The number of hydrogen-bond donors (Lipinski definition) is 1. The van der Waals surface area contributed by atoms with E-state index in [1.807, 2.05) is 18.2 Å². The third kappa shape index (κ3) is 7.23. The van der Waals surface area contributed by atoms with Crippen LogP contribution in [0.4, 0.5) is 4.39 Å². The molecule has 1 saturated heterocycles. The van der Waals surface area contributed by atoms with E-state index < -0.39 is 16.1 Å². The second-order valence-electron chi connectivity index (χ2n) is 10.9. The first kappa shape index (κ1) is 29.2. The minimum atomic E-state index is -3.31. The van der Waals surface area contributed by atoms with Gasteiger partial charge in [0.05, 0.1) is 6.26 Å². The second-order valence-corrected chi connectivity index (χ2v) is 12.9. The third-order valence-electron chi connectivity index (χ3n) is 8.06. The Morgan fingerprint density at radius 1 is 1.05 bits per heavy atom. The maximum Gasteiger partial charge on any atom is 0.254 e. The van der Waals surface area contributed by atoms with Crippen molar-refractivity contribution >= 4 is 21.8 Å². The molecule has 2 aromatic carbocycles. The molecule has 8 nitrogen and oxygen atoms in total. The van der Waals surface area contributed by atoms with Crippen LogP contribution in [-0.2, 0) is 14.8 Å². The molecule has 1 saturated carbocycles. The van der Waals surface area contributed by atoms with Crippen molar-refractivity contribution in [2.75, 3.05) is 46.0 Å². The van der Waals surface area contributed by atoms with Crippen LogP contribution >= 0.6 is 0 Å². The van der Waals surface area contributed by atoms with Crippen molar-refractivity contribution in [1.29, 1.82) is 0 Å². The Morgan fingerprint density at radius 3 is 2.31 bits per heavy atom. The zero-order chi connectivity index (χ0) is 28.2. The molecule has 2 aromatic rings. The number of hydrogen-bond acceptors (Lipinski definition) is 5. The Hall–Kier alpha value is -2.82. The van der Waals surface area contributed by atoms with Crippen molar-refractivity contribution in [2.24, 2.45) is 0 Å². The summed E-state index contributed by atoms with van der Waals surface area (Å²) in [7, 11) is -1.64. The van der Waals surface area contributed by atoms with Crippen LogP contribution in [0.2, 0.25) is 0 Å². The number of amides is 2. The lowest BCUT2D eigenvalue weighted by molar-refractivity contribution is -0.137. The molecule has 0 spiro atoms. The average molecular weight is 559 g/mol. The van der Waals surface area contributed by atoms with Gasteiger partial charge in [0, 0.05) is 50.2 Å². The number of rotatable bonds is 11. The highest BCUT2D eigenvalue weighted by atomic mass is 32.2. The molecule has 2 amide bonds. The molecule has 3 atom stereocenters. The van der Waals surface area contributed by atoms with Crippen LogP contribution in [0.3, 0.4) is 0 Å². The molecule has 1 aliphatic carbocycles. The first-order chi connectivity index (χ1) is 18.5. The Labute approximate surface area is 231 Å². The lowest BCUT2D eigenvalue weighted by Gasteiger charge is -2.37. The maximum atomic E-state index is 13.6. The van der Waals surface area contributed by atoms with Gasteiger partial charge in [-0.15, -0.1) is 0 Å². The van der Waals surface area contributed by atoms with E-state index in [1.165, 1.54) is 27.6 Å². The summed E-state index contributed by atoms with van der Waals surface area (Å²) in [5.41, 5.74) is 1.63. The SMILES string of the molecule is CN(C(=O)c1ccccc1)[C@@H](CCCCN[C@]1(C)CC1c1ccc(F)cc1)C(=O)N1CCN(S(C)(=O)=O)CC1. The average Bonchev–Trinajstić information content (AvgIpc) is 3.61. The second kappa shape index (κ2) is 12.1. The van der Waals surface area contributed by atoms with E-state index in [-0.39, 0.29) is 36.3 Å². The Kier molecular flexibility index (Phi) is 9.08. The summed E-state index contributed by atoms with van der Waals surface area (Å²) in [5, 5.41) is 3.63. The minimum absolute atomic E-state index is 0.0214. The van der Waals surface area contributed by atoms with E-state index in [2.05, 4.69) is 12.2 Å². The number of likely N-dealkylation sites (N-methyl/N-ethyl adjacent to an activating group) is 1. The van der Waals surface area contributed by atoms with Crippen LogP contribution in [0.5, 0.6) is 0 Å². The first-order valence-electron chi connectivity index (χ1n) is 13.6. The normalized spacial score (nSPS) is 22.4. The fourth-order valence-corrected chi connectivity index (χ4v) is 6.26. The van der Waals surface area contributed by atoms with Crippen molar-refractivity contribution in [3.63, 3.8) is 0 Å². The van der Waals surface area contributed by atoms with Crippen molar-refractivity contribution in [3.05, 3.63) is 71.5 Å². The standard InChI is InChI=1S/C29H39FN4O4S/c1-29(21-25(29)22-12-14-24(30)15-13-22)31-16-8-7-11-26(32(2)27(35)23-9-5-4-6-10-23)28(36)33-17-19-34(20-18-33)39(3,37)38/h4-6,9-10,12-15,25-26,31H,7-8,11,16-21H2,1-3H3/t25?,26-,29+/m0/s1. The van der Waals surface area contributed by atoms with E-state index in [0.717, 1.165) is 31.4 Å². The summed E-state index contributed by atoms with van der Waals surface area (Å²) < 4.78 is 38.4. The summed E-state index contributed by atoms with van der Waals surface area (Å²) in [5.74, 6) is -0.235. The number of nitrogens with one attached hydrogen (secondary N) is 1. The predicted octanol–water partition coefficient (Wildman–Crippen LogP) is 3.08. The largest absolute Gasteiger partial charge is 0.338 e. The van der Waals surface area contributed by atoms with Gasteiger partial charge in [0.2, 0.25) is 15.9 Å². The smallest absolute Gasteiger partial charge is 0.254 e. The number of sulfonamides is 1. The molecule has 0 radical (unpaired) electrons. The number of carbonyl (C=O) groups is 2. The molecular weight excluding hydrogens is 519 g/mol. The number of benzene rings is 2. The van der Waals surface area contributed by atoms with Gasteiger partial charge in [-0.3, -0.25) is 9.59 Å². The van der Waals surface area contributed by atoms with Crippen LogP contribution in [-0.4, -0.2) is 91.9 Å². The lowest BCUT2D eigenvalue weighted by Crippen LogP contribution is -2.56. The Balaban J connectivity index is 1.34. The van der Waals surface area contributed by atoms with Gasteiger partial charge in [0.15, 0.2) is 0 Å². The molecule has 2 fully saturated rings. The zero-order valence-corrected chi connectivity index (χ0v) is 23.8. The monoisotopic (exact) mass is 558 g/mol. The summed E-state index contributed by atoms with van der Waals surface area (Å²) in [6.45, 7) is 4.08. The van der Waals surface area contributed by atoms with Crippen LogP contribution in [0, 0.1) is 5.82 Å². The van der Waals surface area contributed by atoms with E-state index >= 15 is 0 Å². The van der Waals surface area contributed by atoms with Gasteiger partial charge in [-0.2, -0.15) is 4.31 Å². The van der Waals surface area contributed by atoms with Crippen LogP contribution < -0.4 is 5.32 Å². The van der Waals surface area contributed by atoms with Crippen molar-refractivity contribution in [2.45, 2.75) is 50.1 Å². The van der Waals surface area contributed by atoms with Crippen LogP contribution in [0.1, 0.15) is 54.4 Å². The lowest BCUT2D eigenvalue weighted by atomic mass is 10.0. The zero-order valence-electron chi connectivity index (χ0n) is 23.0. The summed E-state index contributed by atoms with van der Waals surface area (Å²) in [4.78, 5) is 30.0. The Morgan fingerprint density at radius 2 is 1.69 bits per heavy atom. The molecule has 10 heteroatoms. The van der Waals surface area contributed by atoms with Gasteiger partial charge in [-0.05, 0) is 69.0 Å². The fourth-order valence-electron chi connectivity index (χ4n) is 5.44. The topological polar surface area (TPSA) is 90.0 Å². The maximum absolute atomic E-state index is 13.6. The minimum Gasteiger partial charge on any atom is -0.338 e. The third-order valence-corrected chi connectivity index (χ3v) is 9.36. The highest BCUT2D eigenvalue weighted by molar-refractivity contribution is 7.88. The summed E-state index contributed by atoms with van der Waals surface area (Å²) in [6.07, 6.45) is 4.27. The van der Waals surface area contributed by atoms with E-state index in [1.54, 1.807) is 36.2 Å². The molecule has 2 aliphatic rings. The molecule has 4 rings (SSSR count). The van der Waals surface area contributed by atoms with Gasteiger partial charge >= 0.3 is 0 Å². The molecule has 1 heterocycles. The molecule has 212 valence electrons. The number of unbranched alkanes of at least 4 members (excludes halogenated alkanes) is 1. The first-order valence-corrected chi connectivity index (χ1v) is 15.4. The highest BCUT2D eigenvalue weighted by Gasteiger charge is 2.50. The van der Waals surface area contributed by atoms with Gasteiger partial charge in [-0.1, -0.05) is 30.3 Å². The molecule has 1 aliphatic heterocycles. The number of carbonyl (C=O) groups excluding carboxylic acids is 2. The number of nitrogens with zero attached hydrogens (tertiary/aromatic N) is 3. The summed E-state index contributed by atoms with van der Waals surface area (Å²) in [6, 6.07) is 15.0. The quantitative estimate of drug-likeness (QED) is 0.428.